The fourth-order valence-electron chi connectivity index (χ4n) is 2.69. The van der Waals surface area contributed by atoms with E-state index < -0.39 is 5.60 Å². The maximum absolute atomic E-state index is 12.1. The summed E-state index contributed by atoms with van der Waals surface area (Å²) in [5, 5.41) is 3.46. The number of piperidine rings is 1. The number of benzene rings is 1. The lowest BCUT2D eigenvalue weighted by molar-refractivity contribution is 0.0188. The summed E-state index contributed by atoms with van der Waals surface area (Å²) in [7, 11) is 1.68. The molecule has 1 aliphatic heterocycles. The standard InChI is InChI=1S/C18H28N2O3/c1-18(2,3)23-17(21)20-11-9-14(10-12-20)13-19-15-7-5-6-8-16(15)22-4/h5-8,14,19H,9-13H2,1-4H3. The third-order valence-electron chi connectivity index (χ3n) is 3.95. The zero-order valence-corrected chi connectivity index (χ0v) is 14.6. The number of carbonyl (C=O) groups excluding carboxylic acids is 1. The van der Waals surface area contributed by atoms with Crippen molar-refractivity contribution in [1.82, 2.24) is 4.90 Å². The molecule has 0 aliphatic carbocycles. The summed E-state index contributed by atoms with van der Waals surface area (Å²) in [4.78, 5) is 13.9. The van der Waals surface area contributed by atoms with E-state index in [1.54, 1.807) is 7.11 Å². The zero-order valence-electron chi connectivity index (χ0n) is 14.6. The number of methoxy groups -OCH3 is 1. The van der Waals surface area contributed by atoms with Gasteiger partial charge in [0.2, 0.25) is 0 Å². The maximum atomic E-state index is 12.1. The Morgan fingerprint density at radius 2 is 1.91 bits per heavy atom. The highest BCUT2D eigenvalue weighted by atomic mass is 16.6. The molecule has 128 valence electrons. The van der Waals surface area contributed by atoms with Gasteiger partial charge in [-0.2, -0.15) is 0 Å². The van der Waals surface area contributed by atoms with Gasteiger partial charge in [-0.05, 0) is 51.7 Å². The number of amides is 1. The van der Waals surface area contributed by atoms with Crippen molar-refractivity contribution in [3.05, 3.63) is 24.3 Å². The average molecular weight is 320 g/mol. The number of nitrogens with one attached hydrogen (secondary N) is 1. The largest absolute Gasteiger partial charge is 0.495 e. The molecule has 1 N–H and O–H groups in total. The van der Waals surface area contributed by atoms with Crippen LogP contribution in [0.5, 0.6) is 5.75 Å². The molecule has 5 heteroatoms. The first-order chi connectivity index (χ1) is 10.9. The van der Waals surface area contributed by atoms with Crippen LogP contribution in [-0.2, 0) is 4.74 Å². The van der Waals surface area contributed by atoms with Crippen molar-refractivity contribution in [1.29, 1.82) is 0 Å². The highest BCUT2D eigenvalue weighted by Gasteiger charge is 2.26. The van der Waals surface area contributed by atoms with Crippen LogP contribution < -0.4 is 10.1 Å². The molecule has 0 spiro atoms. The molecule has 2 rings (SSSR count). The van der Waals surface area contributed by atoms with Crippen LogP contribution in [0.4, 0.5) is 10.5 Å². The second-order valence-corrected chi connectivity index (χ2v) is 6.99. The predicted octanol–water partition coefficient (Wildman–Crippen LogP) is 3.75. The van der Waals surface area contributed by atoms with Crippen molar-refractivity contribution < 1.29 is 14.3 Å². The van der Waals surface area contributed by atoms with Crippen molar-refractivity contribution >= 4 is 11.8 Å². The summed E-state index contributed by atoms with van der Waals surface area (Å²) < 4.78 is 10.8. The molecule has 1 aromatic rings. The number of ether oxygens (including phenoxy) is 2. The van der Waals surface area contributed by atoms with Gasteiger partial charge >= 0.3 is 6.09 Å². The fourth-order valence-corrected chi connectivity index (χ4v) is 2.69. The smallest absolute Gasteiger partial charge is 0.410 e. The molecule has 0 saturated carbocycles. The van der Waals surface area contributed by atoms with E-state index in [9.17, 15) is 4.79 Å². The molecule has 1 heterocycles. The molecule has 1 fully saturated rings. The molecule has 0 atom stereocenters. The lowest BCUT2D eigenvalue weighted by Crippen LogP contribution is -2.42. The molecule has 1 saturated heterocycles. The molecule has 1 aliphatic rings. The zero-order chi connectivity index (χ0) is 16.9. The molecule has 1 amide bonds. The number of anilines is 1. The fraction of sp³-hybridized carbons (Fsp3) is 0.611. The van der Waals surface area contributed by atoms with E-state index in [2.05, 4.69) is 5.32 Å². The minimum atomic E-state index is -0.431. The summed E-state index contributed by atoms with van der Waals surface area (Å²) in [6.45, 7) is 8.10. The molecule has 1 aromatic carbocycles. The molecule has 0 unspecified atom stereocenters. The van der Waals surface area contributed by atoms with Gasteiger partial charge in [0.1, 0.15) is 11.4 Å². The van der Waals surface area contributed by atoms with Crippen LogP contribution in [0.15, 0.2) is 24.3 Å². The topological polar surface area (TPSA) is 50.8 Å². The quantitative estimate of drug-likeness (QED) is 0.918. The van der Waals surface area contributed by atoms with E-state index in [4.69, 9.17) is 9.47 Å². The van der Waals surface area contributed by atoms with Crippen molar-refractivity contribution in [3.8, 4) is 5.75 Å². The molecular formula is C18H28N2O3. The van der Waals surface area contributed by atoms with Crippen molar-refractivity contribution in [3.63, 3.8) is 0 Å². The lowest BCUT2D eigenvalue weighted by Gasteiger charge is -2.33. The molecule has 0 bridgehead atoms. The number of rotatable bonds is 4. The molecule has 0 aromatic heterocycles. The van der Waals surface area contributed by atoms with Crippen molar-refractivity contribution in [2.45, 2.75) is 39.2 Å². The van der Waals surface area contributed by atoms with Gasteiger partial charge in [-0.1, -0.05) is 12.1 Å². The predicted molar refractivity (Wildman–Crippen MR) is 92.0 cm³/mol. The van der Waals surface area contributed by atoms with Crippen molar-refractivity contribution in [2.75, 3.05) is 32.1 Å². The molecule has 5 nitrogen and oxygen atoms in total. The number of para-hydroxylation sites is 2. The minimum Gasteiger partial charge on any atom is -0.495 e. The van der Waals surface area contributed by atoms with E-state index in [1.165, 1.54) is 0 Å². The van der Waals surface area contributed by atoms with E-state index in [1.807, 2.05) is 49.9 Å². The summed E-state index contributed by atoms with van der Waals surface area (Å²) >= 11 is 0. The number of carbonyl (C=O) groups is 1. The highest BCUT2D eigenvalue weighted by Crippen LogP contribution is 2.25. The van der Waals surface area contributed by atoms with Crippen LogP contribution in [0.25, 0.3) is 0 Å². The molecular weight excluding hydrogens is 292 g/mol. The third-order valence-corrected chi connectivity index (χ3v) is 3.95. The first kappa shape index (κ1) is 17.4. The maximum Gasteiger partial charge on any atom is 0.410 e. The van der Waals surface area contributed by atoms with Gasteiger partial charge in [0.15, 0.2) is 0 Å². The Bertz CT molecular complexity index is 517. The van der Waals surface area contributed by atoms with Gasteiger partial charge in [-0.3, -0.25) is 0 Å². The Morgan fingerprint density at radius 1 is 1.26 bits per heavy atom. The van der Waals surface area contributed by atoms with Gasteiger partial charge in [-0.15, -0.1) is 0 Å². The summed E-state index contributed by atoms with van der Waals surface area (Å²) in [6, 6.07) is 7.93. The van der Waals surface area contributed by atoms with Gasteiger partial charge in [0, 0.05) is 19.6 Å². The first-order valence-electron chi connectivity index (χ1n) is 8.24. The van der Waals surface area contributed by atoms with Crippen LogP contribution in [0, 0.1) is 5.92 Å². The van der Waals surface area contributed by atoms with Gasteiger partial charge < -0.3 is 19.7 Å². The Kier molecular flexibility index (Phi) is 5.74. The van der Waals surface area contributed by atoms with E-state index in [0.717, 1.165) is 43.9 Å². The summed E-state index contributed by atoms with van der Waals surface area (Å²) in [5.41, 5.74) is 0.587. The lowest BCUT2D eigenvalue weighted by atomic mass is 9.97. The molecule has 23 heavy (non-hydrogen) atoms. The minimum absolute atomic E-state index is 0.200. The Hall–Kier alpha value is -1.91. The van der Waals surface area contributed by atoms with Crippen LogP contribution in [0.2, 0.25) is 0 Å². The number of hydrogen-bond donors (Lipinski definition) is 1. The summed E-state index contributed by atoms with van der Waals surface area (Å²) in [5.74, 6) is 1.41. The van der Waals surface area contributed by atoms with Crippen molar-refractivity contribution in [2.24, 2.45) is 5.92 Å². The van der Waals surface area contributed by atoms with Crippen LogP contribution in [0.3, 0.4) is 0 Å². The van der Waals surface area contributed by atoms with Gasteiger partial charge in [0.25, 0.3) is 0 Å². The van der Waals surface area contributed by atoms with Gasteiger partial charge in [0.05, 0.1) is 12.8 Å². The Balaban J connectivity index is 1.78. The third kappa shape index (κ3) is 5.34. The average Bonchev–Trinajstić information content (AvgIpc) is 2.52. The SMILES string of the molecule is COc1ccccc1NCC1CCN(C(=O)OC(C)(C)C)CC1. The second kappa shape index (κ2) is 7.57. The van der Waals surface area contributed by atoms with Crippen LogP contribution in [0.1, 0.15) is 33.6 Å². The van der Waals surface area contributed by atoms with E-state index >= 15 is 0 Å². The van der Waals surface area contributed by atoms with E-state index in [-0.39, 0.29) is 6.09 Å². The number of likely N-dealkylation sites (tertiary alicyclic amines) is 1. The van der Waals surface area contributed by atoms with Crippen LogP contribution in [-0.4, -0.2) is 43.3 Å². The normalized spacial score (nSPS) is 16.1. The van der Waals surface area contributed by atoms with Gasteiger partial charge in [-0.25, -0.2) is 4.79 Å². The Morgan fingerprint density at radius 3 is 2.52 bits per heavy atom. The monoisotopic (exact) mass is 320 g/mol. The number of hydrogen-bond acceptors (Lipinski definition) is 4. The second-order valence-electron chi connectivity index (χ2n) is 6.99. The molecule has 0 radical (unpaired) electrons. The Labute approximate surface area is 139 Å². The van der Waals surface area contributed by atoms with E-state index in [0.29, 0.717) is 5.92 Å². The van der Waals surface area contributed by atoms with Crippen LogP contribution >= 0.6 is 0 Å². The number of nitrogens with zero attached hydrogens (tertiary/aromatic N) is 1. The highest BCUT2D eigenvalue weighted by molar-refractivity contribution is 5.68. The summed E-state index contributed by atoms with van der Waals surface area (Å²) in [6.07, 6.45) is 1.77. The first-order valence-corrected chi connectivity index (χ1v) is 8.24.